The number of aliphatic hydroxyl groups is 1. The summed E-state index contributed by atoms with van der Waals surface area (Å²) in [6, 6.07) is 0.154. The smallest absolute Gasteiger partial charge is 0.0948 e. The van der Waals surface area contributed by atoms with Crippen LogP contribution in [0.25, 0.3) is 0 Å². The lowest BCUT2D eigenvalue weighted by molar-refractivity contribution is 0.282. The van der Waals surface area contributed by atoms with E-state index in [1.165, 1.54) is 0 Å². The van der Waals surface area contributed by atoms with Crippen molar-refractivity contribution in [2.24, 2.45) is 5.73 Å². The van der Waals surface area contributed by atoms with Gasteiger partial charge >= 0.3 is 0 Å². The minimum Gasteiger partial charge on any atom is -0.396 e. The van der Waals surface area contributed by atoms with Crippen LogP contribution in [-0.2, 0) is 6.54 Å². The topological polar surface area (TPSA) is 76.1 Å². The number of aryl methyl sites for hydroxylation is 1. The summed E-state index contributed by atoms with van der Waals surface area (Å²) in [4.78, 5) is 4.13. The van der Waals surface area contributed by atoms with Gasteiger partial charge in [0.15, 0.2) is 0 Å². The van der Waals surface area contributed by atoms with Gasteiger partial charge in [0, 0.05) is 25.9 Å². The quantitative estimate of drug-likeness (QED) is 0.556. The highest BCUT2D eigenvalue weighted by atomic mass is 16.2. The molecule has 1 unspecified atom stereocenters. The second kappa shape index (κ2) is 7.38. The number of hydrogen-bond donors (Lipinski definition) is 3. The summed E-state index contributed by atoms with van der Waals surface area (Å²) >= 11 is 0. The van der Waals surface area contributed by atoms with Gasteiger partial charge in [-0.15, -0.1) is 0 Å². The Kier molecular flexibility index (Phi) is 6.07. The van der Waals surface area contributed by atoms with Gasteiger partial charge in [0.1, 0.15) is 0 Å². The average molecular weight is 226 g/mol. The van der Waals surface area contributed by atoms with Crippen LogP contribution in [-0.4, -0.2) is 34.4 Å². The first-order valence-electron chi connectivity index (χ1n) is 5.87. The highest BCUT2D eigenvalue weighted by Crippen LogP contribution is 2.11. The summed E-state index contributed by atoms with van der Waals surface area (Å²) in [5, 5.41) is 12.1. The van der Waals surface area contributed by atoms with Crippen LogP contribution in [0.3, 0.4) is 0 Å². The van der Waals surface area contributed by atoms with E-state index in [9.17, 15) is 0 Å². The Bertz CT molecular complexity index is 287. The molecule has 1 atom stereocenters. The Morgan fingerprint density at radius 3 is 3.00 bits per heavy atom. The maximum absolute atomic E-state index is 8.69. The number of rotatable bonds is 8. The summed E-state index contributed by atoms with van der Waals surface area (Å²) in [7, 11) is 0. The number of nitrogens with one attached hydrogen (secondary N) is 1. The summed E-state index contributed by atoms with van der Waals surface area (Å²) in [5.74, 6) is 0. The molecule has 5 nitrogen and oxygen atoms in total. The molecule has 0 saturated heterocycles. The monoisotopic (exact) mass is 226 g/mol. The standard InChI is InChI=1S/C11H22N4O/c1-2-15-9-13-8-11(15)10(7-12)14-5-3-4-6-16/h8-10,14,16H,2-7,12H2,1H3. The molecular weight excluding hydrogens is 204 g/mol. The third kappa shape index (κ3) is 3.59. The molecule has 16 heavy (non-hydrogen) atoms. The second-order valence-electron chi connectivity index (χ2n) is 3.78. The molecule has 0 saturated carbocycles. The van der Waals surface area contributed by atoms with E-state index in [2.05, 4.69) is 21.8 Å². The molecule has 0 fully saturated rings. The van der Waals surface area contributed by atoms with Gasteiger partial charge in [-0.05, 0) is 26.3 Å². The van der Waals surface area contributed by atoms with E-state index in [0.717, 1.165) is 31.6 Å². The van der Waals surface area contributed by atoms with Crippen molar-refractivity contribution in [1.82, 2.24) is 14.9 Å². The van der Waals surface area contributed by atoms with E-state index >= 15 is 0 Å². The van der Waals surface area contributed by atoms with Gasteiger partial charge in [0.05, 0.1) is 18.1 Å². The first-order chi connectivity index (χ1) is 7.83. The predicted molar refractivity (Wildman–Crippen MR) is 64.0 cm³/mol. The number of nitrogens with two attached hydrogens (primary N) is 1. The third-order valence-corrected chi connectivity index (χ3v) is 2.65. The van der Waals surface area contributed by atoms with Gasteiger partial charge in [0.25, 0.3) is 0 Å². The molecule has 0 spiro atoms. The molecule has 1 aromatic rings. The van der Waals surface area contributed by atoms with Crippen molar-refractivity contribution in [2.45, 2.75) is 32.4 Å². The molecule has 1 rings (SSSR count). The Hall–Kier alpha value is -0.910. The Morgan fingerprint density at radius 2 is 2.38 bits per heavy atom. The molecular formula is C11H22N4O. The zero-order chi connectivity index (χ0) is 11.8. The lowest BCUT2D eigenvalue weighted by atomic mass is 10.2. The third-order valence-electron chi connectivity index (χ3n) is 2.65. The van der Waals surface area contributed by atoms with Crippen LogP contribution in [0.1, 0.15) is 31.5 Å². The van der Waals surface area contributed by atoms with Gasteiger partial charge < -0.3 is 20.7 Å². The Labute approximate surface area is 96.7 Å². The van der Waals surface area contributed by atoms with Crippen LogP contribution < -0.4 is 11.1 Å². The number of aliphatic hydroxyl groups excluding tert-OH is 1. The lowest BCUT2D eigenvalue weighted by Crippen LogP contribution is -2.30. The molecule has 0 aliphatic carbocycles. The summed E-state index contributed by atoms with van der Waals surface area (Å²) in [6.45, 7) is 4.68. The number of nitrogens with zero attached hydrogens (tertiary/aromatic N) is 2. The average Bonchev–Trinajstić information content (AvgIpc) is 2.77. The number of hydrogen-bond acceptors (Lipinski definition) is 4. The summed E-state index contributed by atoms with van der Waals surface area (Å²) in [6.07, 6.45) is 5.48. The van der Waals surface area contributed by atoms with Gasteiger partial charge in [0.2, 0.25) is 0 Å². The number of unbranched alkanes of at least 4 members (excludes halogenated alkanes) is 1. The van der Waals surface area contributed by atoms with Crippen molar-refractivity contribution in [1.29, 1.82) is 0 Å². The molecule has 92 valence electrons. The minimum atomic E-state index is 0.154. The fourth-order valence-corrected chi connectivity index (χ4v) is 1.71. The molecule has 0 bridgehead atoms. The lowest BCUT2D eigenvalue weighted by Gasteiger charge is -2.18. The summed E-state index contributed by atoms with van der Waals surface area (Å²) in [5.41, 5.74) is 6.88. The molecule has 1 heterocycles. The van der Waals surface area contributed by atoms with Gasteiger partial charge in [-0.25, -0.2) is 4.98 Å². The highest BCUT2D eigenvalue weighted by molar-refractivity contribution is 5.05. The van der Waals surface area contributed by atoms with E-state index < -0.39 is 0 Å². The van der Waals surface area contributed by atoms with E-state index in [-0.39, 0.29) is 12.6 Å². The van der Waals surface area contributed by atoms with Crippen LogP contribution in [0, 0.1) is 0 Å². The predicted octanol–water partition coefficient (Wildman–Crippen LogP) is 0.265. The van der Waals surface area contributed by atoms with Gasteiger partial charge in [-0.3, -0.25) is 0 Å². The van der Waals surface area contributed by atoms with Crippen molar-refractivity contribution in [3.05, 3.63) is 18.2 Å². The second-order valence-corrected chi connectivity index (χ2v) is 3.78. The van der Waals surface area contributed by atoms with Crippen molar-refractivity contribution >= 4 is 0 Å². The van der Waals surface area contributed by atoms with Gasteiger partial charge in [-0.1, -0.05) is 0 Å². The minimum absolute atomic E-state index is 0.154. The van der Waals surface area contributed by atoms with Crippen molar-refractivity contribution < 1.29 is 5.11 Å². The molecule has 4 N–H and O–H groups in total. The SMILES string of the molecule is CCn1cncc1C(CN)NCCCCO. The molecule has 0 aromatic carbocycles. The fourth-order valence-electron chi connectivity index (χ4n) is 1.71. The van der Waals surface area contributed by atoms with Crippen molar-refractivity contribution in [3.63, 3.8) is 0 Å². The molecule has 1 aromatic heterocycles. The van der Waals surface area contributed by atoms with Crippen LogP contribution in [0.2, 0.25) is 0 Å². The molecule has 0 radical (unpaired) electrons. The maximum Gasteiger partial charge on any atom is 0.0948 e. The molecule has 0 aliphatic rings. The first-order valence-corrected chi connectivity index (χ1v) is 5.87. The van der Waals surface area contributed by atoms with E-state index in [1.54, 1.807) is 0 Å². The van der Waals surface area contributed by atoms with Crippen LogP contribution in [0.15, 0.2) is 12.5 Å². The van der Waals surface area contributed by atoms with Crippen LogP contribution in [0.4, 0.5) is 0 Å². The zero-order valence-corrected chi connectivity index (χ0v) is 9.89. The fraction of sp³-hybridized carbons (Fsp3) is 0.727. The highest BCUT2D eigenvalue weighted by Gasteiger charge is 2.12. The normalized spacial score (nSPS) is 12.9. The maximum atomic E-state index is 8.69. The van der Waals surface area contributed by atoms with Crippen molar-refractivity contribution in [2.75, 3.05) is 19.7 Å². The van der Waals surface area contributed by atoms with E-state index in [4.69, 9.17) is 10.8 Å². The van der Waals surface area contributed by atoms with Crippen molar-refractivity contribution in [3.8, 4) is 0 Å². The molecule has 5 heteroatoms. The Morgan fingerprint density at radius 1 is 1.56 bits per heavy atom. The van der Waals surface area contributed by atoms with E-state index in [1.807, 2.05) is 12.5 Å². The largest absolute Gasteiger partial charge is 0.396 e. The van der Waals surface area contributed by atoms with Crippen LogP contribution in [0.5, 0.6) is 0 Å². The zero-order valence-electron chi connectivity index (χ0n) is 9.89. The van der Waals surface area contributed by atoms with E-state index in [0.29, 0.717) is 6.54 Å². The molecule has 0 amide bonds. The Balaban J connectivity index is 2.47. The number of aromatic nitrogens is 2. The first kappa shape index (κ1) is 13.2. The summed E-state index contributed by atoms with van der Waals surface area (Å²) < 4.78 is 2.09. The molecule has 0 aliphatic heterocycles. The van der Waals surface area contributed by atoms with Crippen LogP contribution >= 0.6 is 0 Å². The van der Waals surface area contributed by atoms with Gasteiger partial charge in [-0.2, -0.15) is 0 Å². The number of imidazole rings is 1.